The van der Waals surface area contributed by atoms with Crippen LogP contribution in [0, 0.1) is 17.8 Å². The third-order valence-corrected chi connectivity index (χ3v) is 7.43. The van der Waals surface area contributed by atoms with E-state index in [4.69, 9.17) is 0 Å². The molecule has 172 valence electrons. The second-order valence-electron chi connectivity index (χ2n) is 8.64. The van der Waals surface area contributed by atoms with Crippen LogP contribution in [0.1, 0.15) is 48.5 Å². The number of nitrogens with one attached hydrogen (secondary N) is 1. The average molecular weight is 464 g/mol. The van der Waals surface area contributed by atoms with Crippen LogP contribution in [0.15, 0.2) is 47.2 Å². The Kier molecular flexibility index (Phi) is 7.14. The Balaban J connectivity index is 1.49. The lowest BCUT2D eigenvalue weighted by molar-refractivity contribution is -0.133. The number of carbonyl (C=O) groups is 3. The maximum Gasteiger partial charge on any atom is 0.325 e. The number of hydrogen-bond donors (Lipinski definition) is 1. The first-order chi connectivity index (χ1) is 16.0. The molecule has 0 spiro atoms. The number of thiophene rings is 1. The van der Waals surface area contributed by atoms with Crippen molar-refractivity contribution in [1.29, 1.82) is 0 Å². The molecule has 2 aromatic rings. The third-order valence-electron chi connectivity index (χ3n) is 6.74. The first kappa shape index (κ1) is 23.1. The summed E-state index contributed by atoms with van der Waals surface area (Å²) in [5, 5.41) is 6.84. The Morgan fingerprint density at radius 2 is 1.94 bits per heavy atom. The molecule has 2 aliphatic heterocycles. The SMILES string of the molecule is CC#CCN1C(=O)N[C@@](CCCc2ccccc2)(C2CCN(C(=O)c3ccsc3)CC2)C1=O. The largest absolute Gasteiger partial charge is 0.339 e. The number of carbonyl (C=O) groups excluding carboxylic acids is 3. The van der Waals surface area contributed by atoms with E-state index in [1.54, 1.807) is 6.92 Å². The number of rotatable bonds is 7. The van der Waals surface area contributed by atoms with Crippen molar-refractivity contribution in [3.8, 4) is 11.8 Å². The van der Waals surface area contributed by atoms with Gasteiger partial charge in [0.05, 0.1) is 12.1 Å². The maximum absolute atomic E-state index is 13.6. The lowest BCUT2D eigenvalue weighted by Gasteiger charge is -2.41. The maximum atomic E-state index is 13.6. The van der Waals surface area contributed by atoms with Crippen LogP contribution in [-0.2, 0) is 11.2 Å². The Bertz CT molecular complexity index is 1050. The molecule has 0 radical (unpaired) electrons. The minimum absolute atomic E-state index is 0.0177. The lowest BCUT2D eigenvalue weighted by Crippen LogP contribution is -2.56. The minimum Gasteiger partial charge on any atom is -0.339 e. The molecule has 2 fully saturated rings. The van der Waals surface area contributed by atoms with Crippen molar-refractivity contribution in [3.05, 3.63) is 58.3 Å². The summed E-state index contributed by atoms with van der Waals surface area (Å²) < 4.78 is 0. The highest BCUT2D eigenvalue weighted by molar-refractivity contribution is 7.08. The standard InChI is InChI=1S/C26H29N3O3S/c1-2-3-15-29-24(31)26(27-25(29)32,14-7-10-20-8-5-4-6-9-20)22-11-16-28(17-12-22)23(30)21-13-18-33-19-21/h4-6,8-9,13,18-19,22H,7,10-12,14-17H2,1H3,(H,27,32)/t26-/m0/s1. The molecule has 7 heteroatoms. The van der Waals surface area contributed by atoms with Gasteiger partial charge in [-0.25, -0.2) is 4.79 Å². The number of imide groups is 1. The van der Waals surface area contributed by atoms with E-state index in [0.717, 1.165) is 12.8 Å². The molecule has 0 unspecified atom stereocenters. The van der Waals surface area contributed by atoms with Crippen molar-refractivity contribution >= 4 is 29.2 Å². The normalized spacial score (nSPS) is 21.0. The second kappa shape index (κ2) is 10.2. The van der Waals surface area contributed by atoms with Gasteiger partial charge < -0.3 is 10.2 Å². The lowest BCUT2D eigenvalue weighted by atomic mass is 9.74. The fraction of sp³-hybridized carbons (Fsp3) is 0.423. The molecule has 1 N–H and O–H groups in total. The predicted molar refractivity (Wildman–Crippen MR) is 129 cm³/mol. The van der Waals surface area contributed by atoms with Crippen molar-refractivity contribution in [2.45, 2.75) is 44.6 Å². The van der Waals surface area contributed by atoms with Crippen LogP contribution in [0.4, 0.5) is 4.79 Å². The highest BCUT2D eigenvalue weighted by atomic mass is 32.1. The Morgan fingerprint density at radius 3 is 2.61 bits per heavy atom. The van der Waals surface area contributed by atoms with E-state index in [1.807, 2.05) is 39.9 Å². The van der Waals surface area contributed by atoms with Crippen molar-refractivity contribution in [2.24, 2.45) is 5.92 Å². The number of urea groups is 1. The second-order valence-corrected chi connectivity index (χ2v) is 9.42. The summed E-state index contributed by atoms with van der Waals surface area (Å²) in [7, 11) is 0. The molecular formula is C26H29N3O3S. The molecule has 3 heterocycles. The molecule has 4 rings (SSSR count). The summed E-state index contributed by atoms with van der Waals surface area (Å²) in [6.07, 6.45) is 3.57. The van der Waals surface area contributed by atoms with E-state index in [2.05, 4.69) is 29.3 Å². The smallest absolute Gasteiger partial charge is 0.325 e. The van der Waals surface area contributed by atoms with Gasteiger partial charge in [-0.15, -0.1) is 5.92 Å². The topological polar surface area (TPSA) is 69.7 Å². The van der Waals surface area contributed by atoms with Gasteiger partial charge in [0.2, 0.25) is 0 Å². The zero-order valence-electron chi connectivity index (χ0n) is 18.9. The van der Waals surface area contributed by atoms with Gasteiger partial charge in [0.15, 0.2) is 0 Å². The zero-order chi connectivity index (χ0) is 23.3. The zero-order valence-corrected chi connectivity index (χ0v) is 19.7. The fourth-order valence-electron chi connectivity index (χ4n) is 4.96. The third kappa shape index (κ3) is 4.81. The first-order valence-electron chi connectivity index (χ1n) is 11.4. The molecular weight excluding hydrogens is 434 g/mol. The first-order valence-corrected chi connectivity index (χ1v) is 12.4. The van der Waals surface area contributed by atoms with Crippen LogP contribution < -0.4 is 5.32 Å². The van der Waals surface area contributed by atoms with Crippen molar-refractivity contribution in [2.75, 3.05) is 19.6 Å². The summed E-state index contributed by atoms with van der Waals surface area (Å²) in [5.74, 6) is 5.47. The average Bonchev–Trinajstić information content (AvgIpc) is 3.46. The molecule has 1 aromatic heterocycles. The molecule has 0 aliphatic carbocycles. The quantitative estimate of drug-likeness (QED) is 0.500. The molecule has 2 aliphatic rings. The highest BCUT2D eigenvalue weighted by Gasteiger charge is 2.55. The number of benzene rings is 1. The molecule has 0 saturated carbocycles. The minimum atomic E-state index is -0.932. The Hall–Kier alpha value is -3.11. The molecule has 0 bridgehead atoms. The Morgan fingerprint density at radius 1 is 1.18 bits per heavy atom. The Labute approximate surface area is 199 Å². The van der Waals surface area contributed by atoms with Gasteiger partial charge in [0.25, 0.3) is 11.8 Å². The van der Waals surface area contributed by atoms with Crippen LogP contribution in [0.25, 0.3) is 0 Å². The summed E-state index contributed by atoms with van der Waals surface area (Å²) in [4.78, 5) is 42.2. The molecule has 4 amide bonds. The number of hydrogen-bond acceptors (Lipinski definition) is 4. The number of aryl methyl sites for hydroxylation is 1. The van der Waals surface area contributed by atoms with E-state index in [9.17, 15) is 14.4 Å². The molecule has 1 atom stereocenters. The van der Waals surface area contributed by atoms with Gasteiger partial charge in [-0.05, 0) is 62.0 Å². The number of piperidine rings is 1. The number of nitrogens with zero attached hydrogens (tertiary/aromatic N) is 2. The van der Waals surface area contributed by atoms with E-state index in [0.29, 0.717) is 37.9 Å². The van der Waals surface area contributed by atoms with Crippen LogP contribution in [-0.4, -0.2) is 52.8 Å². The summed E-state index contributed by atoms with van der Waals surface area (Å²) in [5.41, 5.74) is 0.999. The molecule has 2 saturated heterocycles. The molecule has 1 aromatic carbocycles. The highest BCUT2D eigenvalue weighted by Crippen LogP contribution is 2.37. The van der Waals surface area contributed by atoms with Crippen molar-refractivity contribution in [1.82, 2.24) is 15.1 Å². The predicted octanol–water partition coefficient (Wildman–Crippen LogP) is 3.94. The summed E-state index contributed by atoms with van der Waals surface area (Å²) in [6.45, 7) is 2.97. The number of likely N-dealkylation sites (tertiary alicyclic amines) is 1. The summed E-state index contributed by atoms with van der Waals surface area (Å²) >= 11 is 1.51. The van der Waals surface area contributed by atoms with Gasteiger partial charge in [-0.2, -0.15) is 11.3 Å². The van der Waals surface area contributed by atoms with Crippen LogP contribution >= 0.6 is 11.3 Å². The fourth-order valence-corrected chi connectivity index (χ4v) is 5.59. The van der Waals surface area contributed by atoms with Crippen LogP contribution in [0.3, 0.4) is 0 Å². The van der Waals surface area contributed by atoms with Crippen molar-refractivity contribution in [3.63, 3.8) is 0 Å². The van der Waals surface area contributed by atoms with E-state index < -0.39 is 5.54 Å². The van der Waals surface area contributed by atoms with Gasteiger partial charge >= 0.3 is 6.03 Å². The van der Waals surface area contributed by atoms with Gasteiger partial charge in [0, 0.05) is 18.5 Å². The molecule has 6 nitrogen and oxygen atoms in total. The summed E-state index contributed by atoms with van der Waals surface area (Å²) in [6, 6.07) is 11.7. The van der Waals surface area contributed by atoms with Gasteiger partial charge in [0.1, 0.15) is 5.54 Å². The van der Waals surface area contributed by atoms with E-state index in [-0.39, 0.29) is 30.3 Å². The monoisotopic (exact) mass is 463 g/mol. The van der Waals surface area contributed by atoms with Crippen molar-refractivity contribution < 1.29 is 14.4 Å². The van der Waals surface area contributed by atoms with E-state index in [1.165, 1.54) is 21.8 Å². The van der Waals surface area contributed by atoms with Crippen LogP contribution in [0.5, 0.6) is 0 Å². The van der Waals surface area contributed by atoms with Crippen LogP contribution in [0.2, 0.25) is 0 Å². The molecule has 33 heavy (non-hydrogen) atoms. The number of amides is 4. The van der Waals surface area contributed by atoms with Gasteiger partial charge in [-0.1, -0.05) is 36.3 Å². The van der Waals surface area contributed by atoms with E-state index >= 15 is 0 Å². The van der Waals surface area contributed by atoms with Gasteiger partial charge in [-0.3, -0.25) is 14.5 Å².